The van der Waals surface area contributed by atoms with Crippen molar-refractivity contribution in [2.45, 2.75) is 19.8 Å². The first-order valence-electron chi connectivity index (χ1n) is 12.5. The number of ketones is 1. The van der Waals surface area contributed by atoms with Crippen LogP contribution in [0.25, 0.3) is 17.4 Å². The maximum absolute atomic E-state index is 13.8. The monoisotopic (exact) mass is 524 g/mol. The van der Waals surface area contributed by atoms with Crippen LogP contribution in [0.2, 0.25) is 0 Å². The van der Waals surface area contributed by atoms with Gasteiger partial charge in [0.25, 0.3) is 0 Å². The Bertz CT molecular complexity index is 1580. The van der Waals surface area contributed by atoms with Gasteiger partial charge in [-0.25, -0.2) is 4.79 Å². The van der Waals surface area contributed by atoms with Gasteiger partial charge >= 0.3 is 5.97 Å². The van der Waals surface area contributed by atoms with Crippen molar-refractivity contribution < 1.29 is 37.7 Å². The Labute approximate surface area is 224 Å². The topological polar surface area (TPSA) is 101 Å². The second kappa shape index (κ2) is 9.79. The summed E-state index contributed by atoms with van der Waals surface area (Å²) in [4.78, 5) is 37.8. The van der Waals surface area contributed by atoms with E-state index in [1.807, 2.05) is 6.07 Å². The summed E-state index contributed by atoms with van der Waals surface area (Å²) < 4.78 is 28.4. The van der Waals surface area contributed by atoms with Crippen LogP contribution < -0.4 is 9.47 Å². The molecule has 3 aliphatic rings. The van der Waals surface area contributed by atoms with Crippen LogP contribution in [0.3, 0.4) is 0 Å². The second-order valence-electron chi connectivity index (χ2n) is 9.35. The van der Waals surface area contributed by atoms with E-state index in [2.05, 4.69) is 0 Å². The fraction of sp³-hybridized carbons (Fsp3) is 0.194. The van der Waals surface area contributed by atoms with Crippen molar-refractivity contribution in [1.29, 1.82) is 0 Å². The van der Waals surface area contributed by atoms with Crippen molar-refractivity contribution in [3.05, 3.63) is 100 Å². The van der Waals surface area contributed by atoms with Gasteiger partial charge in [0.05, 0.1) is 12.5 Å². The molecule has 0 saturated carbocycles. The Hall–Kier alpha value is -4.85. The van der Waals surface area contributed by atoms with Gasteiger partial charge in [-0.1, -0.05) is 30.3 Å². The first kappa shape index (κ1) is 24.5. The minimum absolute atomic E-state index is 0.110. The number of aldehydes is 1. The van der Waals surface area contributed by atoms with E-state index < -0.39 is 17.8 Å². The summed E-state index contributed by atoms with van der Waals surface area (Å²) >= 11 is 0. The number of carbonyl (C=O) groups excluding carboxylic acids is 3. The highest BCUT2D eigenvalue weighted by molar-refractivity contribution is 6.06. The van der Waals surface area contributed by atoms with Crippen LogP contribution in [0.1, 0.15) is 41.4 Å². The molecule has 1 aromatic heterocycles. The Morgan fingerprint density at radius 3 is 2.59 bits per heavy atom. The van der Waals surface area contributed by atoms with Gasteiger partial charge in [0.1, 0.15) is 23.6 Å². The lowest BCUT2D eigenvalue weighted by molar-refractivity contribution is -0.139. The van der Waals surface area contributed by atoms with Crippen LogP contribution in [-0.4, -0.2) is 31.4 Å². The highest BCUT2D eigenvalue weighted by Gasteiger charge is 2.48. The van der Waals surface area contributed by atoms with Gasteiger partial charge in [-0.15, -0.1) is 0 Å². The molecular weight excluding hydrogens is 500 g/mol. The van der Waals surface area contributed by atoms with Gasteiger partial charge in [-0.05, 0) is 55.3 Å². The molecule has 6 rings (SSSR count). The summed E-state index contributed by atoms with van der Waals surface area (Å²) in [5.41, 5.74) is 3.14. The molecule has 39 heavy (non-hydrogen) atoms. The van der Waals surface area contributed by atoms with E-state index in [0.29, 0.717) is 45.5 Å². The predicted molar refractivity (Wildman–Crippen MR) is 140 cm³/mol. The molecule has 0 spiro atoms. The van der Waals surface area contributed by atoms with Crippen LogP contribution in [0.4, 0.5) is 0 Å². The molecule has 3 heterocycles. The zero-order chi connectivity index (χ0) is 27.1. The zero-order valence-electron chi connectivity index (χ0n) is 21.3. The SMILES string of the molecule is CCOC(=O)C1=C(C)C=C2O/C(=C\c3ccc(-c4ccc(C=O)cc4)o3)C(=O)C2C1c1ccc2c(c1)OCO2. The standard InChI is InChI=1S/C31H24O8/c1-3-35-31(34)27-17(2)12-25-29(28(27)20-8-10-23-24(13-20)37-16-36-23)30(33)26(39-25)14-21-9-11-22(38-21)19-6-4-18(15-32)5-7-19/h4-15,28-29H,3,16H2,1-2H3/b26-14-. The summed E-state index contributed by atoms with van der Waals surface area (Å²) in [5.74, 6) is 0.599. The average molecular weight is 525 g/mol. The highest BCUT2D eigenvalue weighted by Crippen LogP contribution is 2.50. The van der Waals surface area contributed by atoms with Gasteiger partial charge in [-0.3, -0.25) is 9.59 Å². The van der Waals surface area contributed by atoms with E-state index in [-0.39, 0.29) is 24.9 Å². The normalized spacial score (nSPS) is 20.5. The van der Waals surface area contributed by atoms with E-state index in [0.717, 1.165) is 17.4 Å². The number of carbonyl (C=O) groups is 3. The van der Waals surface area contributed by atoms with E-state index in [1.165, 1.54) is 0 Å². The lowest BCUT2D eigenvalue weighted by Gasteiger charge is -2.29. The molecule has 8 nitrogen and oxygen atoms in total. The predicted octanol–water partition coefficient (Wildman–Crippen LogP) is 5.61. The Morgan fingerprint density at radius 2 is 1.82 bits per heavy atom. The van der Waals surface area contributed by atoms with Crippen molar-refractivity contribution in [3.63, 3.8) is 0 Å². The molecule has 3 aromatic rings. The number of allylic oxidation sites excluding steroid dienone is 4. The lowest BCUT2D eigenvalue weighted by Crippen LogP contribution is -2.28. The zero-order valence-corrected chi connectivity index (χ0v) is 21.3. The number of fused-ring (bicyclic) bond motifs is 2. The largest absolute Gasteiger partial charge is 0.463 e. The third-order valence-electron chi connectivity index (χ3n) is 6.97. The Balaban J connectivity index is 1.36. The fourth-order valence-electron chi connectivity index (χ4n) is 5.16. The maximum Gasteiger partial charge on any atom is 0.334 e. The molecule has 8 heteroatoms. The molecule has 1 fully saturated rings. The van der Waals surface area contributed by atoms with Crippen LogP contribution in [0, 0.1) is 5.92 Å². The van der Waals surface area contributed by atoms with E-state index in [1.54, 1.807) is 74.5 Å². The second-order valence-corrected chi connectivity index (χ2v) is 9.35. The highest BCUT2D eigenvalue weighted by atomic mass is 16.7. The van der Waals surface area contributed by atoms with E-state index in [9.17, 15) is 14.4 Å². The molecule has 2 atom stereocenters. The molecule has 0 N–H and O–H groups in total. The number of rotatable bonds is 6. The summed E-state index contributed by atoms with van der Waals surface area (Å²) in [6.07, 6.45) is 4.06. The molecule has 2 aliphatic heterocycles. The fourth-order valence-corrected chi connectivity index (χ4v) is 5.16. The van der Waals surface area contributed by atoms with E-state index >= 15 is 0 Å². The van der Waals surface area contributed by atoms with Crippen molar-refractivity contribution in [3.8, 4) is 22.8 Å². The third-order valence-corrected chi connectivity index (χ3v) is 6.97. The van der Waals surface area contributed by atoms with Crippen LogP contribution in [-0.2, 0) is 19.1 Å². The summed E-state index contributed by atoms with van der Waals surface area (Å²) in [7, 11) is 0. The van der Waals surface area contributed by atoms with Crippen molar-refractivity contribution in [2.24, 2.45) is 5.92 Å². The Morgan fingerprint density at radius 1 is 1.03 bits per heavy atom. The molecule has 0 radical (unpaired) electrons. The minimum Gasteiger partial charge on any atom is -0.463 e. The number of furan rings is 1. The first-order chi connectivity index (χ1) is 19.0. The summed E-state index contributed by atoms with van der Waals surface area (Å²) in [5, 5.41) is 0. The Kier molecular flexibility index (Phi) is 6.15. The number of hydrogen-bond acceptors (Lipinski definition) is 8. The van der Waals surface area contributed by atoms with E-state index in [4.69, 9.17) is 23.4 Å². The molecular formula is C31H24O8. The maximum atomic E-state index is 13.8. The van der Waals surface area contributed by atoms with Crippen LogP contribution in [0.15, 0.2) is 87.8 Å². The third kappa shape index (κ3) is 4.33. The molecule has 0 bridgehead atoms. The van der Waals surface area contributed by atoms with Gasteiger partial charge in [0, 0.05) is 28.7 Å². The van der Waals surface area contributed by atoms with Gasteiger partial charge in [0.2, 0.25) is 12.6 Å². The quantitative estimate of drug-likeness (QED) is 0.233. The number of esters is 1. The number of Topliss-reactive ketones (excluding diaryl/α,β-unsaturated/α-hetero) is 1. The van der Waals surface area contributed by atoms with Gasteiger partial charge in [0.15, 0.2) is 17.3 Å². The number of benzene rings is 2. The van der Waals surface area contributed by atoms with Crippen molar-refractivity contribution in [2.75, 3.05) is 13.4 Å². The minimum atomic E-state index is -0.759. The number of ether oxygens (including phenoxy) is 4. The molecule has 1 aliphatic carbocycles. The molecule has 1 saturated heterocycles. The molecule has 0 amide bonds. The molecule has 2 aromatic carbocycles. The average Bonchev–Trinajstić information content (AvgIpc) is 3.67. The van der Waals surface area contributed by atoms with Crippen LogP contribution >= 0.6 is 0 Å². The number of hydrogen-bond donors (Lipinski definition) is 0. The molecule has 2 unspecified atom stereocenters. The first-order valence-corrected chi connectivity index (χ1v) is 12.5. The molecule has 196 valence electrons. The van der Waals surface area contributed by atoms with Gasteiger partial charge in [-0.2, -0.15) is 0 Å². The summed E-state index contributed by atoms with van der Waals surface area (Å²) in [6, 6.07) is 15.9. The smallest absolute Gasteiger partial charge is 0.334 e. The van der Waals surface area contributed by atoms with Gasteiger partial charge < -0.3 is 23.4 Å². The summed E-state index contributed by atoms with van der Waals surface area (Å²) in [6.45, 7) is 3.87. The lowest BCUT2D eigenvalue weighted by atomic mass is 9.73. The van der Waals surface area contributed by atoms with Crippen molar-refractivity contribution >= 4 is 24.1 Å². The van der Waals surface area contributed by atoms with Crippen molar-refractivity contribution in [1.82, 2.24) is 0 Å². The van der Waals surface area contributed by atoms with Crippen LogP contribution in [0.5, 0.6) is 11.5 Å².